The van der Waals surface area contributed by atoms with Crippen LogP contribution in [0.3, 0.4) is 0 Å². The molecular formula is C12H16BrNO2. The molecule has 88 valence electrons. The van der Waals surface area contributed by atoms with E-state index in [1.54, 1.807) is 7.11 Å². The molecule has 0 aliphatic carbocycles. The van der Waals surface area contributed by atoms with Gasteiger partial charge in [0.15, 0.2) is 0 Å². The topological polar surface area (TPSA) is 32.7 Å². The quantitative estimate of drug-likeness (QED) is 0.922. The van der Waals surface area contributed by atoms with Crippen molar-refractivity contribution in [2.24, 2.45) is 0 Å². The summed E-state index contributed by atoms with van der Waals surface area (Å²) in [4.78, 5) is 2.24. The van der Waals surface area contributed by atoms with Crippen molar-refractivity contribution in [2.75, 3.05) is 20.2 Å². The Balaban J connectivity index is 2.10. The van der Waals surface area contributed by atoms with Gasteiger partial charge in [-0.15, -0.1) is 0 Å². The highest BCUT2D eigenvalue weighted by molar-refractivity contribution is 9.10. The van der Waals surface area contributed by atoms with Crippen LogP contribution >= 0.6 is 15.9 Å². The fourth-order valence-electron chi connectivity index (χ4n) is 2.07. The van der Waals surface area contributed by atoms with E-state index in [4.69, 9.17) is 4.74 Å². The Morgan fingerprint density at radius 2 is 2.38 bits per heavy atom. The van der Waals surface area contributed by atoms with E-state index in [9.17, 15) is 5.11 Å². The number of likely N-dealkylation sites (tertiary alicyclic amines) is 1. The predicted octanol–water partition coefficient (Wildman–Crippen LogP) is 2.02. The second kappa shape index (κ2) is 5.17. The van der Waals surface area contributed by atoms with E-state index >= 15 is 0 Å². The highest BCUT2D eigenvalue weighted by Crippen LogP contribution is 2.25. The lowest BCUT2D eigenvalue weighted by atomic mass is 10.2. The van der Waals surface area contributed by atoms with E-state index in [0.29, 0.717) is 0 Å². The smallest absolute Gasteiger partial charge is 0.123 e. The molecule has 4 heteroatoms. The van der Waals surface area contributed by atoms with Crippen molar-refractivity contribution < 1.29 is 9.84 Å². The zero-order chi connectivity index (χ0) is 11.5. The zero-order valence-electron chi connectivity index (χ0n) is 9.32. The number of halogens is 1. The first kappa shape index (κ1) is 11.9. The van der Waals surface area contributed by atoms with Gasteiger partial charge in [0.1, 0.15) is 5.75 Å². The third-order valence-electron chi connectivity index (χ3n) is 2.88. The van der Waals surface area contributed by atoms with E-state index in [1.807, 2.05) is 12.1 Å². The van der Waals surface area contributed by atoms with Crippen molar-refractivity contribution in [3.63, 3.8) is 0 Å². The largest absolute Gasteiger partial charge is 0.496 e. The lowest BCUT2D eigenvalue weighted by Crippen LogP contribution is -2.21. The molecule has 1 fully saturated rings. The summed E-state index contributed by atoms with van der Waals surface area (Å²) in [7, 11) is 1.69. The molecule has 1 saturated heterocycles. The molecule has 0 spiro atoms. The van der Waals surface area contributed by atoms with Crippen molar-refractivity contribution in [1.29, 1.82) is 0 Å². The van der Waals surface area contributed by atoms with Crippen LogP contribution in [0.5, 0.6) is 5.75 Å². The fraction of sp³-hybridized carbons (Fsp3) is 0.500. The summed E-state index contributed by atoms with van der Waals surface area (Å²) in [6.45, 7) is 2.55. The Hall–Kier alpha value is -0.580. The van der Waals surface area contributed by atoms with Crippen LogP contribution in [0.15, 0.2) is 22.7 Å². The van der Waals surface area contributed by atoms with Crippen LogP contribution in [0.25, 0.3) is 0 Å². The molecule has 1 aromatic rings. The Morgan fingerprint density at radius 3 is 3.00 bits per heavy atom. The molecule has 1 aromatic carbocycles. The van der Waals surface area contributed by atoms with Crippen molar-refractivity contribution >= 4 is 15.9 Å². The molecule has 1 aliphatic rings. The molecular weight excluding hydrogens is 270 g/mol. The van der Waals surface area contributed by atoms with Gasteiger partial charge in [-0.2, -0.15) is 0 Å². The summed E-state index contributed by atoms with van der Waals surface area (Å²) in [5, 5.41) is 9.48. The third-order valence-corrected chi connectivity index (χ3v) is 3.38. The molecule has 1 aliphatic heterocycles. The maximum absolute atomic E-state index is 9.48. The molecule has 1 atom stereocenters. The van der Waals surface area contributed by atoms with Gasteiger partial charge in [-0.3, -0.25) is 4.90 Å². The Labute approximate surface area is 104 Å². The van der Waals surface area contributed by atoms with Gasteiger partial charge in [-0.1, -0.05) is 15.9 Å². The number of hydrogen-bond donors (Lipinski definition) is 1. The van der Waals surface area contributed by atoms with Gasteiger partial charge in [0.05, 0.1) is 13.2 Å². The van der Waals surface area contributed by atoms with E-state index in [1.165, 1.54) is 0 Å². The molecule has 1 heterocycles. The Bertz CT molecular complexity index is 370. The summed E-state index contributed by atoms with van der Waals surface area (Å²) in [5.74, 6) is 0.907. The molecule has 0 bridgehead atoms. The third kappa shape index (κ3) is 2.75. The molecule has 0 saturated carbocycles. The van der Waals surface area contributed by atoms with Crippen molar-refractivity contribution in [3.05, 3.63) is 28.2 Å². The van der Waals surface area contributed by atoms with Crippen LogP contribution in [-0.4, -0.2) is 36.3 Å². The van der Waals surface area contributed by atoms with Crippen LogP contribution in [-0.2, 0) is 6.54 Å². The van der Waals surface area contributed by atoms with E-state index in [0.717, 1.165) is 41.8 Å². The minimum atomic E-state index is -0.168. The summed E-state index contributed by atoms with van der Waals surface area (Å²) in [6.07, 6.45) is 0.703. The van der Waals surface area contributed by atoms with Gasteiger partial charge in [0.25, 0.3) is 0 Å². The number of hydrogen-bond acceptors (Lipinski definition) is 3. The number of nitrogens with zero attached hydrogens (tertiary/aromatic N) is 1. The SMILES string of the molecule is COc1ccc(Br)cc1CN1CCC(O)C1. The van der Waals surface area contributed by atoms with Crippen LogP contribution < -0.4 is 4.74 Å². The normalized spacial score (nSPS) is 21.3. The molecule has 0 radical (unpaired) electrons. The van der Waals surface area contributed by atoms with Crippen LogP contribution in [0.1, 0.15) is 12.0 Å². The average Bonchev–Trinajstić information content (AvgIpc) is 2.64. The second-order valence-electron chi connectivity index (χ2n) is 4.13. The predicted molar refractivity (Wildman–Crippen MR) is 66.6 cm³/mol. The molecule has 0 aromatic heterocycles. The first-order valence-corrected chi connectivity index (χ1v) is 6.21. The molecule has 2 rings (SSSR count). The van der Waals surface area contributed by atoms with Crippen LogP contribution in [0, 0.1) is 0 Å². The van der Waals surface area contributed by atoms with E-state index < -0.39 is 0 Å². The average molecular weight is 286 g/mol. The van der Waals surface area contributed by atoms with Gasteiger partial charge in [0.2, 0.25) is 0 Å². The molecule has 0 amide bonds. The van der Waals surface area contributed by atoms with Crippen molar-refractivity contribution in [1.82, 2.24) is 4.90 Å². The summed E-state index contributed by atoms with van der Waals surface area (Å²) >= 11 is 3.46. The summed E-state index contributed by atoms with van der Waals surface area (Å²) in [5.41, 5.74) is 1.16. The van der Waals surface area contributed by atoms with Gasteiger partial charge in [0, 0.05) is 29.7 Å². The Morgan fingerprint density at radius 1 is 1.56 bits per heavy atom. The second-order valence-corrected chi connectivity index (χ2v) is 5.05. The van der Waals surface area contributed by atoms with E-state index in [2.05, 4.69) is 26.9 Å². The zero-order valence-corrected chi connectivity index (χ0v) is 10.9. The minimum Gasteiger partial charge on any atom is -0.496 e. The number of aliphatic hydroxyl groups excluding tert-OH is 1. The number of methoxy groups -OCH3 is 1. The lowest BCUT2D eigenvalue weighted by Gasteiger charge is -2.17. The maximum Gasteiger partial charge on any atom is 0.123 e. The van der Waals surface area contributed by atoms with E-state index in [-0.39, 0.29) is 6.10 Å². The minimum absolute atomic E-state index is 0.168. The number of β-amino-alcohol motifs (C(OH)–C–C–N with tert-alkyl or cyclic N) is 1. The first-order chi connectivity index (χ1) is 7.69. The van der Waals surface area contributed by atoms with Gasteiger partial charge >= 0.3 is 0 Å². The van der Waals surface area contributed by atoms with Crippen LogP contribution in [0.4, 0.5) is 0 Å². The Kier molecular flexibility index (Phi) is 3.84. The number of rotatable bonds is 3. The molecule has 1 unspecified atom stereocenters. The standard InChI is InChI=1S/C12H16BrNO2/c1-16-12-3-2-10(13)6-9(12)7-14-5-4-11(15)8-14/h2-3,6,11,15H,4-5,7-8H2,1H3. The highest BCUT2D eigenvalue weighted by atomic mass is 79.9. The van der Waals surface area contributed by atoms with Gasteiger partial charge < -0.3 is 9.84 Å². The fourth-order valence-corrected chi connectivity index (χ4v) is 2.48. The monoisotopic (exact) mass is 285 g/mol. The molecule has 1 N–H and O–H groups in total. The van der Waals surface area contributed by atoms with Gasteiger partial charge in [-0.05, 0) is 24.6 Å². The highest BCUT2D eigenvalue weighted by Gasteiger charge is 2.21. The van der Waals surface area contributed by atoms with Crippen molar-refractivity contribution in [3.8, 4) is 5.75 Å². The van der Waals surface area contributed by atoms with Gasteiger partial charge in [-0.25, -0.2) is 0 Å². The molecule has 16 heavy (non-hydrogen) atoms. The number of benzene rings is 1. The number of ether oxygens (including phenoxy) is 1. The van der Waals surface area contributed by atoms with Crippen molar-refractivity contribution in [2.45, 2.75) is 19.1 Å². The number of aliphatic hydroxyl groups is 1. The maximum atomic E-state index is 9.48. The van der Waals surface area contributed by atoms with Crippen LogP contribution in [0.2, 0.25) is 0 Å². The summed E-state index contributed by atoms with van der Waals surface area (Å²) < 4.78 is 6.39. The first-order valence-electron chi connectivity index (χ1n) is 5.42. The summed E-state index contributed by atoms with van der Waals surface area (Å²) in [6, 6.07) is 6.01. The molecule has 3 nitrogen and oxygen atoms in total. The lowest BCUT2D eigenvalue weighted by molar-refractivity contribution is 0.174.